The number of amides is 1. The van der Waals surface area contributed by atoms with Crippen molar-refractivity contribution in [3.63, 3.8) is 0 Å². The van der Waals surface area contributed by atoms with Crippen LogP contribution in [0.5, 0.6) is 0 Å². The van der Waals surface area contributed by atoms with E-state index >= 15 is 0 Å². The molecular formula is C17H17Cl2N3OS. The molecule has 0 aliphatic carbocycles. The summed E-state index contributed by atoms with van der Waals surface area (Å²) in [7, 11) is 0. The first kappa shape index (κ1) is 18.5. The lowest BCUT2D eigenvalue weighted by atomic mass is 10.1. The number of carbonyl (C=O) groups excluding carboxylic acids is 1. The Hall–Kier alpha value is -1.82. The molecule has 7 heteroatoms. The van der Waals surface area contributed by atoms with Gasteiger partial charge in [-0.25, -0.2) is 0 Å². The van der Waals surface area contributed by atoms with E-state index < -0.39 is 0 Å². The minimum atomic E-state index is -0.296. The number of carbonyl (C=O) groups is 1. The quantitative estimate of drug-likeness (QED) is 0.551. The summed E-state index contributed by atoms with van der Waals surface area (Å²) in [6.45, 7) is 4.02. The van der Waals surface area contributed by atoms with E-state index in [1.807, 2.05) is 32.0 Å². The smallest absolute Gasteiger partial charge is 0.242 e. The molecule has 126 valence electrons. The number of aryl methyl sites for hydroxylation is 1. The molecule has 1 amide bonds. The van der Waals surface area contributed by atoms with Gasteiger partial charge in [0, 0.05) is 15.7 Å². The number of halogens is 2. The van der Waals surface area contributed by atoms with Crippen LogP contribution in [0.1, 0.15) is 16.7 Å². The monoisotopic (exact) mass is 381 g/mol. The number of anilines is 1. The van der Waals surface area contributed by atoms with Crippen LogP contribution in [0.3, 0.4) is 0 Å². The van der Waals surface area contributed by atoms with Crippen LogP contribution in [-0.4, -0.2) is 11.0 Å². The van der Waals surface area contributed by atoms with Gasteiger partial charge in [-0.2, -0.15) is 0 Å². The third kappa shape index (κ3) is 4.84. The number of benzene rings is 2. The van der Waals surface area contributed by atoms with Gasteiger partial charge in [0.2, 0.25) is 5.91 Å². The minimum Gasteiger partial charge on any atom is -0.331 e. The van der Waals surface area contributed by atoms with Gasteiger partial charge in [-0.3, -0.25) is 15.6 Å². The van der Waals surface area contributed by atoms with Crippen molar-refractivity contribution >= 4 is 52.1 Å². The fourth-order valence-electron chi connectivity index (χ4n) is 2.07. The van der Waals surface area contributed by atoms with Crippen LogP contribution in [-0.2, 0) is 11.2 Å². The van der Waals surface area contributed by atoms with E-state index in [1.165, 1.54) is 0 Å². The standard InChI is InChI=1S/C17H17Cl2N3OS/c1-10-5-3-8-15(11(10)2)20-17(24)22-21-16(23)9-12-13(18)6-4-7-14(12)19/h3-8H,9H2,1-2H3,(H,21,23)(H2,20,22,24). The van der Waals surface area contributed by atoms with Crippen molar-refractivity contribution in [2.45, 2.75) is 20.3 Å². The van der Waals surface area contributed by atoms with E-state index in [0.29, 0.717) is 20.7 Å². The number of hydrazine groups is 1. The molecule has 2 aromatic rings. The maximum Gasteiger partial charge on any atom is 0.242 e. The highest BCUT2D eigenvalue weighted by Crippen LogP contribution is 2.24. The molecule has 0 spiro atoms. The van der Waals surface area contributed by atoms with Crippen LogP contribution in [0, 0.1) is 13.8 Å². The first-order valence-electron chi connectivity index (χ1n) is 7.23. The van der Waals surface area contributed by atoms with Crippen LogP contribution in [0.4, 0.5) is 5.69 Å². The second-order valence-corrected chi connectivity index (χ2v) is 6.47. The number of hydrogen-bond donors (Lipinski definition) is 3. The lowest BCUT2D eigenvalue weighted by molar-refractivity contribution is -0.120. The van der Waals surface area contributed by atoms with Crippen LogP contribution in [0.15, 0.2) is 36.4 Å². The highest BCUT2D eigenvalue weighted by atomic mass is 35.5. The maximum absolute atomic E-state index is 12.0. The Morgan fingerprint density at radius 3 is 2.33 bits per heavy atom. The topological polar surface area (TPSA) is 53.2 Å². The molecule has 2 aromatic carbocycles. The van der Waals surface area contributed by atoms with E-state index in [9.17, 15) is 4.79 Å². The van der Waals surface area contributed by atoms with Gasteiger partial charge in [0.25, 0.3) is 0 Å². The third-order valence-corrected chi connectivity index (χ3v) is 4.48. The van der Waals surface area contributed by atoms with Crippen molar-refractivity contribution in [3.8, 4) is 0 Å². The molecule has 0 aromatic heterocycles. The van der Waals surface area contributed by atoms with Crippen LogP contribution >= 0.6 is 35.4 Å². The summed E-state index contributed by atoms with van der Waals surface area (Å²) in [5, 5.41) is 4.25. The number of thiocarbonyl (C=S) groups is 1. The zero-order chi connectivity index (χ0) is 17.7. The maximum atomic E-state index is 12.0. The molecule has 0 fully saturated rings. The number of nitrogens with one attached hydrogen (secondary N) is 3. The molecule has 3 N–H and O–H groups in total. The summed E-state index contributed by atoms with van der Waals surface area (Å²) in [6, 6.07) is 11.0. The van der Waals surface area contributed by atoms with E-state index in [1.54, 1.807) is 18.2 Å². The number of hydrogen-bond acceptors (Lipinski definition) is 2. The summed E-state index contributed by atoms with van der Waals surface area (Å²) in [5.74, 6) is -0.296. The fourth-order valence-corrected chi connectivity index (χ4v) is 2.76. The molecule has 0 bridgehead atoms. The summed E-state index contributed by atoms with van der Waals surface area (Å²) < 4.78 is 0. The zero-order valence-corrected chi connectivity index (χ0v) is 15.6. The average molecular weight is 382 g/mol. The lowest BCUT2D eigenvalue weighted by Gasteiger charge is -2.14. The number of rotatable bonds is 3. The second kappa shape index (κ2) is 8.33. The predicted molar refractivity (Wildman–Crippen MR) is 104 cm³/mol. The Labute approximate surface area is 156 Å². The second-order valence-electron chi connectivity index (χ2n) is 5.25. The molecule has 24 heavy (non-hydrogen) atoms. The minimum absolute atomic E-state index is 0.0532. The normalized spacial score (nSPS) is 10.2. The summed E-state index contributed by atoms with van der Waals surface area (Å²) in [5.41, 5.74) is 8.91. The SMILES string of the molecule is Cc1cccc(NC(=S)NNC(=O)Cc2c(Cl)cccc2Cl)c1C. The molecule has 0 aliphatic heterocycles. The fraction of sp³-hybridized carbons (Fsp3) is 0.176. The summed E-state index contributed by atoms with van der Waals surface area (Å²) in [4.78, 5) is 12.0. The Morgan fingerprint density at radius 1 is 1.04 bits per heavy atom. The van der Waals surface area contributed by atoms with Gasteiger partial charge >= 0.3 is 0 Å². The molecule has 0 radical (unpaired) electrons. The zero-order valence-electron chi connectivity index (χ0n) is 13.2. The van der Waals surface area contributed by atoms with Gasteiger partial charge in [-0.15, -0.1) is 0 Å². The largest absolute Gasteiger partial charge is 0.331 e. The summed E-state index contributed by atoms with van der Waals surface area (Å²) in [6.07, 6.45) is 0.0532. The molecule has 0 aliphatic rings. The molecule has 0 unspecified atom stereocenters. The Morgan fingerprint density at radius 2 is 1.67 bits per heavy atom. The molecular weight excluding hydrogens is 365 g/mol. The molecule has 0 saturated heterocycles. The van der Waals surface area contributed by atoms with E-state index in [2.05, 4.69) is 16.2 Å². The van der Waals surface area contributed by atoms with Crippen molar-refractivity contribution in [1.29, 1.82) is 0 Å². The predicted octanol–water partition coefficient (Wildman–Crippen LogP) is 4.17. The Balaban J connectivity index is 1.90. The van der Waals surface area contributed by atoms with Crippen LogP contribution < -0.4 is 16.2 Å². The first-order chi connectivity index (χ1) is 11.4. The first-order valence-corrected chi connectivity index (χ1v) is 8.40. The van der Waals surface area contributed by atoms with Crippen molar-refractivity contribution in [3.05, 3.63) is 63.1 Å². The Kier molecular flexibility index (Phi) is 6.43. The highest BCUT2D eigenvalue weighted by molar-refractivity contribution is 7.80. The molecule has 4 nitrogen and oxygen atoms in total. The highest BCUT2D eigenvalue weighted by Gasteiger charge is 2.11. The van der Waals surface area contributed by atoms with Gasteiger partial charge < -0.3 is 5.32 Å². The van der Waals surface area contributed by atoms with Crippen LogP contribution in [0.25, 0.3) is 0 Å². The lowest BCUT2D eigenvalue weighted by Crippen LogP contribution is -2.44. The van der Waals surface area contributed by atoms with Crippen molar-refractivity contribution in [2.75, 3.05) is 5.32 Å². The average Bonchev–Trinajstić information content (AvgIpc) is 2.53. The molecule has 0 heterocycles. The molecule has 2 rings (SSSR count). The van der Waals surface area contributed by atoms with Gasteiger partial charge in [0.1, 0.15) is 0 Å². The van der Waals surface area contributed by atoms with E-state index in [0.717, 1.165) is 16.8 Å². The summed E-state index contributed by atoms with van der Waals surface area (Å²) >= 11 is 17.3. The Bertz CT molecular complexity index is 760. The third-order valence-electron chi connectivity index (χ3n) is 3.57. The van der Waals surface area contributed by atoms with Gasteiger partial charge in [-0.05, 0) is 61.0 Å². The van der Waals surface area contributed by atoms with Gasteiger partial charge in [0.05, 0.1) is 6.42 Å². The van der Waals surface area contributed by atoms with Crippen LogP contribution in [0.2, 0.25) is 10.0 Å². The van der Waals surface area contributed by atoms with Gasteiger partial charge in [-0.1, -0.05) is 41.4 Å². The van der Waals surface area contributed by atoms with Crippen molar-refractivity contribution in [2.24, 2.45) is 0 Å². The van der Waals surface area contributed by atoms with Gasteiger partial charge in [0.15, 0.2) is 5.11 Å². The molecule has 0 atom stereocenters. The van der Waals surface area contributed by atoms with E-state index in [4.69, 9.17) is 35.4 Å². The van der Waals surface area contributed by atoms with Crippen molar-refractivity contribution < 1.29 is 4.79 Å². The van der Waals surface area contributed by atoms with E-state index in [-0.39, 0.29) is 12.3 Å². The van der Waals surface area contributed by atoms with Crippen molar-refractivity contribution in [1.82, 2.24) is 10.9 Å². The molecule has 0 saturated carbocycles.